The second-order valence-corrected chi connectivity index (χ2v) is 5.83. The van der Waals surface area contributed by atoms with Crippen molar-refractivity contribution < 1.29 is 4.74 Å². The molecule has 0 aliphatic carbocycles. The minimum atomic E-state index is 0.418. The lowest BCUT2D eigenvalue weighted by molar-refractivity contribution is 0.101. The number of ether oxygens (including phenoxy) is 1. The fourth-order valence-corrected chi connectivity index (χ4v) is 3.33. The van der Waals surface area contributed by atoms with Crippen LogP contribution in [0.15, 0.2) is 0 Å². The van der Waals surface area contributed by atoms with E-state index in [0.717, 1.165) is 32.4 Å². The normalized spacial score (nSPS) is 20.5. The molecule has 1 fully saturated rings. The van der Waals surface area contributed by atoms with E-state index in [9.17, 15) is 0 Å². The van der Waals surface area contributed by atoms with E-state index in [0.29, 0.717) is 12.1 Å². The van der Waals surface area contributed by atoms with Gasteiger partial charge >= 0.3 is 0 Å². The Hall–Kier alpha value is -0.870. The lowest BCUT2D eigenvalue weighted by Crippen LogP contribution is -2.17. The lowest BCUT2D eigenvalue weighted by Gasteiger charge is -2.15. The molecule has 1 saturated heterocycles. The predicted molar refractivity (Wildman–Crippen MR) is 82.0 cm³/mol. The highest BCUT2D eigenvalue weighted by atomic mass is 16.5. The summed E-state index contributed by atoms with van der Waals surface area (Å²) in [5.74, 6) is 0. The third-order valence-corrected chi connectivity index (χ3v) is 4.46. The zero-order chi connectivity index (χ0) is 14.5. The lowest BCUT2D eigenvalue weighted by atomic mass is 10.0. The van der Waals surface area contributed by atoms with E-state index in [1.165, 1.54) is 29.8 Å². The Labute approximate surface area is 122 Å². The molecule has 1 aliphatic heterocycles. The standard InChI is InChI=1S/C16H29N3O/c1-5-15(17-4)16-12(2)18-19(13(16)3)10-6-8-14-9-7-11-20-14/h14-15,17H,5-11H2,1-4H3. The monoisotopic (exact) mass is 279 g/mol. The van der Waals surface area contributed by atoms with Crippen LogP contribution in [0, 0.1) is 13.8 Å². The van der Waals surface area contributed by atoms with Crippen molar-refractivity contribution in [1.82, 2.24) is 15.1 Å². The molecular formula is C16H29N3O. The molecule has 1 N–H and O–H groups in total. The maximum Gasteiger partial charge on any atom is 0.0644 e. The topological polar surface area (TPSA) is 39.1 Å². The van der Waals surface area contributed by atoms with Gasteiger partial charge in [-0.1, -0.05) is 6.92 Å². The van der Waals surface area contributed by atoms with E-state index >= 15 is 0 Å². The van der Waals surface area contributed by atoms with E-state index in [4.69, 9.17) is 9.84 Å². The van der Waals surface area contributed by atoms with E-state index in [1.54, 1.807) is 0 Å². The van der Waals surface area contributed by atoms with Gasteiger partial charge < -0.3 is 10.1 Å². The van der Waals surface area contributed by atoms with Gasteiger partial charge in [-0.15, -0.1) is 0 Å². The Morgan fingerprint density at radius 2 is 2.25 bits per heavy atom. The molecule has 20 heavy (non-hydrogen) atoms. The number of rotatable bonds is 7. The van der Waals surface area contributed by atoms with Gasteiger partial charge in [0.25, 0.3) is 0 Å². The molecule has 4 nitrogen and oxygen atoms in total. The molecule has 2 unspecified atom stereocenters. The molecule has 1 aliphatic rings. The van der Waals surface area contributed by atoms with Crippen molar-refractivity contribution in [3.63, 3.8) is 0 Å². The highest BCUT2D eigenvalue weighted by Crippen LogP contribution is 2.24. The van der Waals surface area contributed by atoms with Gasteiger partial charge in [-0.05, 0) is 53.0 Å². The van der Waals surface area contributed by atoms with Crippen molar-refractivity contribution in [2.45, 2.75) is 71.6 Å². The van der Waals surface area contributed by atoms with Crippen molar-refractivity contribution in [3.8, 4) is 0 Å². The van der Waals surface area contributed by atoms with Crippen LogP contribution < -0.4 is 5.32 Å². The number of hydrogen-bond donors (Lipinski definition) is 1. The molecule has 0 spiro atoms. The van der Waals surface area contributed by atoms with Gasteiger partial charge in [-0.3, -0.25) is 4.68 Å². The minimum absolute atomic E-state index is 0.418. The van der Waals surface area contributed by atoms with E-state index in [1.807, 2.05) is 7.05 Å². The molecule has 0 saturated carbocycles. The molecule has 2 rings (SSSR count). The van der Waals surface area contributed by atoms with Crippen molar-refractivity contribution in [2.75, 3.05) is 13.7 Å². The van der Waals surface area contributed by atoms with Crippen LogP contribution in [0.25, 0.3) is 0 Å². The average Bonchev–Trinajstić information content (AvgIpc) is 3.04. The Kier molecular flexibility index (Phi) is 5.61. The summed E-state index contributed by atoms with van der Waals surface area (Å²) in [6.07, 6.45) is 6.38. The molecule has 114 valence electrons. The number of aromatic nitrogens is 2. The van der Waals surface area contributed by atoms with Gasteiger partial charge in [0.2, 0.25) is 0 Å². The van der Waals surface area contributed by atoms with Crippen LogP contribution in [-0.2, 0) is 11.3 Å². The SMILES string of the molecule is CCC(NC)c1c(C)nn(CCCC2CCCO2)c1C. The van der Waals surface area contributed by atoms with E-state index in [2.05, 4.69) is 30.8 Å². The van der Waals surface area contributed by atoms with Crippen LogP contribution >= 0.6 is 0 Å². The smallest absolute Gasteiger partial charge is 0.0644 e. The first kappa shape index (κ1) is 15.5. The quantitative estimate of drug-likeness (QED) is 0.833. The minimum Gasteiger partial charge on any atom is -0.378 e. The average molecular weight is 279 g/mol. The summed E-state index contributed by atoms with van der Waals surface area (Å²) in [6, 6.07) is 0.418. The largest absolute Gasteiger partial charge is 0.378 e. The van der Waals surface area contributed by atoms with Crippen LogP contribution in [0.1, 0.15) is 62.0 Å². The molecule has 1 aromatic rings. The number of nitrogens with zero attached hydrogens (tertiary/aromatic N) is 2. The maximum absolute atomic E-state index is 5.68. The van der Waals surface area contributed by atoms with Crippen molar-refractivity contribution in [2.24, 2.45) is 0 Å². The highest BCUT2D eigenvalue weighted by Gasteiger charge is 2.19. The second kappa shape index (κ2) is 7.23. The van der Waals surface area contributed by atoms with Crippen LogP contribution in [0.4, 0.5) is 0 Å². The van der Waals surface area contributed by atoms with Crippen LogP contribution in [-0.4, -0.2) is 29.5 Å². The van der Waals surface area contributed by atoms with Gasteiger partial charge in [0.1, 0.15) is 0 Å². The van der Waals surface area contributed by atoms with Crippen molar-refractivity contribution in [3.05, 3.63) is 17.0 Å². The van der Waals surface area contributed by atoms with E-state index < -0.39 is 0 Å². The van der Waals surface area contributed by atoms with Crippen LogP contribution in [0.3, 0.4) is 0 Å². The first-order valence-electron chi connectivity index (χ1n) is 8.00. The Balaban J connectivity index is 1.96. The summed E-state index contributed by atoms with van der Waals surface area (Å²) in [5, 5.41) is 8.12. The fourth-order valence-electron chi connectivity index (χ4n) is 3.33. The number of aryl methyl sites for hydroxylation is 2. The first-order valence-corrected chi connectivity index (χ1v) is 8.00. The molecule has 0 aromatic carbocycles. The molecule has 4 heteroatoms. The van der Waals surface area contributed by atoms with Gasteiger partial charge in [-0.2, -0.15) is 5.10 Å². The predicted octanol–water partition coefficient (Wildman–Crippen LogP) is 3.13. The molecule has 0 bridgehead atoms. The summed E-state index contributed by atoms with van der Waals surface area (Å²) in [4.78, 5) is 0. The molecule has 0 amide bonds. The summed E-state index contributed by atoms with van der Waals surface area (Å²) in [5.41, 5.74) is 3.86. The summed E-state index contributed by atoms with van der Waals surface area (Å²) < 4.78 is 7.86. The highest BCUT2D eigenvalue weighted by molar-refractivity contribution is 5.28. The van der Waals surface area contributed by atoms with E-state index in [-0.39, 0.29) is 0 Å². The Morgan fingerprint density at radius 1 is 1.45 bits per heavy atom. The zero-order valence-electron chi connectivity index (χ0n) is 13.4. The third-order valence-electron chi connectivity index (χ3n) is 4.46. The van der Waals surface area contributed by atoms with Crippen LogP contribution in [0.2, 0.25) is 0 Å². The van der Waals surface area contributed by atoms with Crippen molar-refractivity contribution in [1.29, 1.82) is 0 Å². The molecule has 1 aromatic heterocycles. The second-order valence-electron chi connectivity index (χ2n) is 5.83. The number of nitrogens with one attached hydrogen (secondary N) is 1. The fraction of sp³-hybridized carbons (Fsp3) is 0.812. The third kappa shape index (κ3) is 3.41. The zero-order valence-corrected chi connectivity index (χ0v) is 13.4. The maximum atomic E-state index is 5.68. The molecule has 0 radical (unpaired) electrons. The number of hydrogen-bond acceptors (Lipinski definition) is 3. The summed E-state index contributed by atoms with van der Waals surface area (Å²) in [7, 11) is 2.03. The molecule has 2 heterocycles. The first-order chi connectivity index (χ1) is 9.67. The van der Waals surface area contributed by atoms with Gasteiger partial charge in [0.15, 0.2) is 0 Å². The molecular weight excluding hydrogens is 250 g/mol. The molecule has 2 atom stereocenters. The van der Waals surface area contributed by atoms with Gasteiger partial charge in [-0.25, -0.2) is 0 Å². The Morgan fingerprint density at radius 3 is 2.85 bits per heavy atom. The Bertz CT molecular complexity index is 418. The van der Waals surface area contributed by atoms with Crippen LogP contribution in [0.5, 0.6) is 0 Å². The van der Waals surface area contributed by atoms with Gasteiger partial charge in [0, 0.05) is 30.5 Å². The summed E-state index contributed by atoms with van der Waals surface area (Å²) in [6.45, 7) is 8.50. The van der Waals surface area contributed by atoms with Crippen molar-refractivity contribution >= 4 is 0 Å². The van der Waals surface area contributed by atoms with Gasteiger partial charge in [0.05, 0.1) is 11.8 Å². The summed E-state index contributed by atoms with van der Waals surface area (Å²) >= 11 is 0.